The van der Waals surface area contributed by atoms with Crippen molar-refractivity contribution in [3.05, 3.63) is 51.7 Å². The van der Waals surface area contributed by atoms with Crippen molar-refractivity contribution in [2.45, 2.75) is 26.2 Å². The normalized spacial score (nSPS) is 13.5. The maximum absolute atomic E-state index is 12.6. The molecule has 1 aromatic heterocycles. The van der Waals surface area contributed by atoms with E-state index in [4.69, 9.17) is 0 Å². The molecule has 0 unspecified atom stereocenters. The minimum Gasteiger partial charge on any atom is -0.351 e. The Labute approximate surface area is 140 Å². The standard InChI is InChI=1S/C18H20N2O2S/c1-13-4-2-5-14-6-3-10-20(17(13)14)16(21)7-9-19-18(22)15-8-11-23-12-15/h2,4-5,8,11-12H,3,6-7,9-10H2,1H3,(H,19,22). The molecule has 5 heteroatoms. The van der Waals surface area contributed by atoms with Gasteiger partial charge in [0.1, 0.15) is 0 Å². The molecule has 1 aliphatic rings. The SMILES string of the molecule is Cc1cccc2c1N(C(=O)CCNC(=O)c1ccsc1)CCC2. The summed E-state index contributed by atoms with van der Waals surface area (Å²) in [4.78, 5) is 26.3. The van der Waals surface area contributed by atoms with Gasteiger partial charge in [-0.05, 0) is 42.3 Å². The Morgan fingerprint density at radius 2 is 2.17 bits per heavy atom. The number of aryl methyl sites for hydroxylation is 2. The highest BCUT2D eigenvalue weighted by molar-refractivity contribution is 7.08. The van der Waals surface area contributed by atoms with Crippen LogP contribution in [0.4, 0.5) is 5.69 Å². The van der Waals surface area contributed by atoms with Crippen LogP contribution in [0.3, 0.4) is 0 Å². The van der Waals surface area contributed by atoms with E-state index in [1.165, 1.54) is 16.9 Å². The largest absolute Gasteiger partial charge is 0.351 e. The summed E-state index contributed by atoms with van der Waals surface area (Å²) in [6, 6.07) is 7.97. The van der Waals surface area contributed by atoms with Gasteiger partial charge < -0.3 is 10.2 Å². The quantitative estimate of drug-likeness (QED) is 0.937. The van der Waals surface area contributed by atoms with Crippen molar-refractivity contribution < 1.29 is 9.59 Å². The van der Waals surface area contributed by atoms with E-state index < -0.39 is 0 Å². The highest BCUT2D eigenvalue weighted by Crippen LogP contribution is 2.30. The van der Waals surface area contributed by atoms with Gasteiger partial charge in [-0.25, -0.2) is 0 Å². The molecule has 120 valence electrons. The van der Waals surface area contributed by atoms with Crippen molar-refractivity contribution in [1.29, 1.82) is 0 Å². The minimum absolute atomic E-state index is 0.0749. The molecular weight excluding hydrogens is 308 g/mol. The van der Waals surface area contributed by atoms with Crippen LogP contribution in [-0.4, -0.2) is 24.9 Å². The molecule has 1 aromatic carbocycles. The third-order valence-corrected chi connectivity index (χ3v) is 4.81. The van der Waals surface area contributed by atoms with Gasteiger partial charge in [0.05, 0.1) is 0 Å². The van der Waals surface area contributed by atoms with Crippen molar-refractivity contribution in [2.75, 3.05) is 18.0 Å². The summed E-state index contributed by atoms with van der Waals surface area (Å²) in [5.41, 5.74) is 4.10. The van der Waals surface area contributed by atoms with E-state index in [0.717, 1.165) is 30.6 Å². The number of hydrogen-bond acceptors (Lipinski definition) is 3. The monoisotopic (exact) mass is 328 g/mol. The molecule has 23 heavy (non-hydrogen) atoms. The molecule has 2 aromatic rings. The molecule has 0 atom stereocenters. The molecule has 0 aliphatic carbocycles. The Kier molecular flexibility index (Phi) is 4.76. The molecule has 0 saturated heterocycles. The van der Waals surface area contributed by atoms with E-state index in [2.05, 4.69) is 11.4 Å². The summed E-state index contributed by atoms with van der Waals surface area (Å²) < 4.78 is 0. The number of carbonyl (C=O) groups excluding carboxylic acids is 2. The maximum Gasteiger partial charge on any atom is 0.252 e. The molecule has 0 saturated carbocycles. The number of rotatable bonds is 4. The Morgan fingerprint density at radius 3 is 2.96 bits per heavy atom. The summed E-state index contributed by atoms with van der Waals surface area (Å²) in [6.45, 7) is 3.17. The number of para-hydroxylation sites is 1. The predicted molar refractivity (Wildman–Crippen MR) is 93.1 cm³/mol. The van der Waals surface area contributed by atoms with E-state index in [0.29, 0.717) is 18.5 Å². The second kappa shape index (κ2) is 6.96. The average molecular weight is 328 g/mol. The van der Waals surface area contributed by atoms with Crippen LogP contribution in [0, 0.1) is 6.92 Å². The zero-order chi connectivity index (χ0) is 16.2. The lowest BCUT2D eigenvalue weighted by molar-refractivity contribution is -0.118. The lowest BCUT2D eigenvalue weighted by atomic mass is 9.98. The number of fused-ring (bicyclic) bond motifs is 1. The highest BCUT2D eigenvalue weighted by atomic mass is 32.1. The number of anilines is 1. The molecule has 3 rings (SSSR count). The third kappa shape index (κ3) is 3.45. The van der Waals surface area contributed by atoms with Crippen LogP contribution in [0.2, 0.25) is 0 Å². The first kappa shape index (κ1) is 15.7. The van der Waals surface area contributed by atoms with E-state index in [1.54, 1.807) is 11.4 Å². The van der Waals surface area contributed by atoms with Gasteiger partial charge in [-0.15, -0.1) is 0 Å². The molecule has 4 nitrogen and oxygen atoms in total. The van der Waals surface area contributed by atoms with Gasteiger partial charge in [-0.2, -0.15) is 11.3 Å². The van der Waals surface area contributed by atoms with Crippen LogP contribution in [0.5, 0.6) is 0 Å². The lowest BCUT2D eigenvalue weighted by Gasteiger charge is -2.31. The van der Waals surface area contributed by atoms with Crippen LogP contribution in [-0.2, 0) is 11.2 Å². The number of thiophene rings is 1. The third-order valence-electron chi connectivity index (χ3n) is 4.13. The fourth-order valence-corrected chi connectivity index (χ4v) is 3.65. The molecule has 2 heterocycles. The number of nitrogens with one attached hydrogen (secondary N) is 1. The summed E-state index contributed by atoms with van der Waals surface area (Å²) in [5, 5.41) is 6.49. The average Bonchev–Trinajstić information content (AvgIpc) is 3.09. The maximum atomic E-state index is 12.6. The van der Waals surface area contributed by atoms with E-state index in [1.807, 2.05) is 29.3 Å². The van der Waals surface area contributed by atoms with Crippen molar-refractivity contribution in [3.63, 3.8) is 0 Å². The van der Waals surface area contributed by atoms with Gasteiger partial charge >= 0.3 is 0 Å². The second-order valence-electron chi connectivity index (χ2n) is 5.75. The number of amides is 2. The van der Waals surface area contributed by atoms with Crippen molar-refractivity contribution in [2.24, 2.45) is 0 Å². The summed E-state index contributed by atoms with van der Waals surface area (Å²) >= 11 is 1.49. The smallest absolute Gasteiger partial charge is 0.252 e. The zero-order valence-electron chi connectivity index (χ0n) is 13.2. The van der Waals surface area contributed by atoms with E-state index in [9.17, 15) is 9.59 Å². The second-order valence-corrected chi connectivity index (χ2v) is 6.53. The van der Waals surface area contributed by atoms with Crippen LogP contribution in [0.25, 0.3) is 0 Å². The lowest BCUT2D eigenvalue weighted by Crippen LogP contribution is -2.38. The van der Waals surface area contributed by atoms with Gasteiger partial charge in [0, 0.05) is 36.1 Å². The Morgan fingerprint density at radius 1 is 1.30 bits per heavy atom. The van der Waals surface area contributed by atoms with Crippen molar-refractivity contribution in [3.8, 4) is 0 Å². The summed E-state index contributed by atoms with van der Waals surface area (Å²) in [5.74, 6) is -0.0415. The van der Waals surface area contributed by atoms with Crippen LogP contribution < -0.4 is 10.2 Å². The Balaban J connectivity index is 1.61. The molecule has 0 spiro atoms. The molecule has 0 radical (unpaired) electrons. The number of carbonyl (C=O) groups is 2. The zero-order valence-corrected chi connectivity index (χ0v) is 14.0. The summed E-state index contributed by atoms with van der Waals surface area (Å²) in [6.07, 6.45) is 2.34. The summed E-state index contributed by atoms with van der Waals surface area (Å²) in [7, 11) is 0. The first-order chi connectivity index (χ1) is 11.2. The molecule has 0 bridgehead atoms. The molecule has 1 aliphatic heterocycles. The molecule has 0 fully saturated rings. The van der Waals surface area contributed by atoms with Crippen LogP contribution in [0.1, 0.15) is 34.3 Å². The predicted octanol–water partition coefficient (Wildman–Crippen LogP) is 3.16. The topological polar surface area (TPSA) is 49.4 Å². The van der Waals surface area contributed by atoms with Gasteiger partial charge in [0.15, 0.2) is 0 Å². The Hall–Kier alpha value is -2.14. The molecule has 1 N–H and O–H groups in total. The van der Waals surface area contributed by atoms with E-state index >= 15 is 0 Å². The van der Waals surface area contributed by atoms with Crippen molar-refractivity contribution in [1.82, 2.24) is 5.32 Å². The minimum atomic E-state index is -0.116. The first-order valence-electron chi connectivity index (χ1n) is 7.86. The number of benzene rings is 1. The van der Waals surface area contributed by atoms with Gasteiger partial charge in [0.25, 0.3) is 5.91 Å². The number of hydrogen-bond donors (Lipinski definition) is 1. The van der Waals surface area contributed by atoms with Crippen molar-refractivity contribution >= 4 is 28.8 Å². The first-order valence-corrected chi connectivity index (χ1v) is 8.80. The fraction of sp³-hybridized carbons (Fsp3) is 0.333. The fourth-order valence-electron chi connectivity index (χ4n) is 3.01. The Bertz CT molecular complexity index is 710. The van der Waals surface area contributed by atoms with Crippen LogP contribution in [0.15, 0.2) is 35.0 Å². The van der Waals surface area contributed by atoms with Gasteiger partial charge in [-0.3, -0.25) is 9.59 Å². The van der Waals surface area contributed by atoms with E-state index in [-0.39, 0.29) is 11.8 Å². The number of nitrogens with zero attached hydrogens (tertiary/aromatic N) is 1. The van der Waals surface area contributed by atoms with Gasteiger partial charge in [0.2, 0.25) is 5.91 Å². The molecule has 2 amide bonds. The van der Waals surface area contributed by atoms with Gasteiger partial charge in [-0.1, -0.05) is 18.2 Å². The highest BCUT2D eigenvalue weighted by Gasteiger charge is 2.23. The van der Waals surface area contributed by atoms with Crippen LogP contribution >= 0.6 is 11.3 Å². The molecular formula is C18H20N2O2S.